The van der Waals surface area contributed by atoms with E-state index in [1.165, 1.54) is 0 Å². The summed E-state index contributed by atoms with van der Waals surface area (Å²) in [6.07, 6.45) is -2.81. The van der Waals surface area contributed by atoms with Crippen LogP contribution in [0.15, 0.2) is 57.5 Å². The summed E-state index contributed by atoms with van der Waals surface area (Å²) in [5.74, 6) is 0.764. The summed E-state index contributed by atoms with van der Waals surface area (Å²) in [5.41, 5.74) is -1.93. The Morgan fingerprint density at radius 2 is 0.895 bits per heavy atom. The molecule has 38 heavy (non-hydrogen) atoms. The first-order chi connectivity index (χ1) is 17.1. The third kappa shape index (κ3) is 21.3. The predicted octanol–water partition coefficient (Wildman–Crippen LogP) is 8.79. The number of hydrogen-bond donors (Lipinski definition) is 1. The summed E-state index contributed by atoms with van der Waals surface area (Å²) >= 11 is 6.52. The number of benzene rings is 2. The van der Waals surface area contributed by atoms with Crippen LogP contribution in [-0.4, -0.2) is 40.4 Å². The molecule has 0 saturated carbocycles. The number of carbonyl (C=O) groups is 3. The summed E-state index contributed by atoms with van der Waals surface area (Å²) < 4.78 is 25.7. The summed E-state index contributed by atoms with van der Waals surface area (Å²) in [6.45, 7) is 15.4. The van der Waals surface area contributed by atoms with Crippen LogP contribution in [0.2, 0.25) is 0 Å². The van der Waals surface area contributed by atoms with Gasteiger partial charge in [0.25, 0.3) is 0 Å². The minimum absolute atomic E-state index is 0.299. The Hall–Kier alpha value is -2.79. The molecule has 0 aliphatic carbocycles. The van der Waals surface area contributed by atoms with Crippen molar-refractivity contribution >= 4 is 50.3 Å². The van der Waals surface area contributed by atoms with Gasteiger partial charge in [-0.05, 0) is 111 Å². The Morgan fingerprint density at radius 3 is 1.21 bits per heavy atom. The van der Waals surface area contributed by atoms with Crippen molar-refractivity contribution in [2.24, 2.45) is 0 Å². The van der Waals surface area contributed by atoms with E-state index in [0.717, 1.165) is 8.95 Å². The van der Waals surface area contributed by atoms with Gasteiger partial charge in [0.1, 0.15) is 28.3 Å². The average molecular weight is 664 g/mol. The van der Waals surface area contributed by atoms with E-state index >= 15 is 0 Å². The predicted molar refractivity (Wildman–Crippen MR) is 150 cm³/mol. The van der Waals surface area contributed by atoms with Crippen molar-refractivity contribution in [2.75, 3.05) is 0 Å². The highest BCUT2D eigenvalue weighted by atomic mass is 79.9. The van der Waals surface area contributed by atoms with Crippen LogP contribution in [0.4, 0.5) is 14.4 Å². The van der Waals surface area contributed by atoms with Crippen LogP contribution in [0.1, 0.15) is 62.3 Å². The maximum absolute atomic E-state index is 11.3. The van der Waals surface area contributed by atoms with E-state index in [-0.39, 0.29) is 0 Å². The number of phenols is 1. The lowest BCUT2D eigenvalue weighted by Gasteiger charge is -2.20. The summed E-state index contributed by atoms with van der Waals surface area (Å²) in [4.78, 5) is 33.3. The topological polar surface area (TPSA) is 118 Å². The molecule has 0 atom stereocenters. The standard InChI is InChI=1S/C11H13BrO3.C10H18O5.C6H5BrO/c1-11(2,3)15-10(13)14-9-6-4-8(12)5-7-9;1-9(2,3)14-7(11)13-8(12)15-10(4,5)6;7-5-1-3-6(8)4-2-5/h4-7H,1-3H3;1-6H3;1-4,8H. The van der Waals surface area contributed by atoms with E-state index in [4.69, 9.17) is 24.1 Å². The van der Waals surface area contributed by atoms with Crippen LogP contribution in [0.5, 0.6) is 11.5 Å². The average Bonchev–Trinajstić information content (AvgIpc) is 2.68. The first kappa shape index (κ1) is 35.2. The molecule has 2 aromatic rings. The van der Waals surface area contributed by atoms with Gasteiger partial charge in [0.2, 0.25) is 0 Å². The van der Waals surface area contributed by atoms with Crippen LogP contribution in [0.3, 0.4) is 0 Å². The fraction of sp³-hybridized carbons (Fsp3) is 0.444. The van der Waals surface area contributed by atoms with Gasteiger partial charge >= 0.3 is 18.5 Å². The monoisotopic (exact) mass is 662 g/mol. The SMILES string of the molecule is CC(C)(C)OC(=O)OC(=O)OC(C)(C)C.CC(C)(C)OC(=O)Oc1ccc(Br)cc1.Oc1ccc(Br)cc1. The number of halogens is 2. The van der Waals surface area contributed by atoms with Crippen LogP contribution in [0.25, 0.3) is 0 Å². The number of carbonyl (C=O) groups excluding carboxylic acids is 3. The van der Waals surface area contributed by atoms with Crippen molar-refractivity contribution in [3.8, 4) is 11.5 Å². The van der Waals surface area contributed by atoms with E-state index in [2.05, 4.69) is 36.6 Å². The summed E-state index contributed by atoms with van der Waals surface area (Å²) in [7, 11) is 0. The molecular weight excluding hydrogens is 628 g/mol. The van der Waals surface area contributed by atoms with Crippen molar-refractivity contribution in [3.05, 3.63) is 57.5 Å². The summed E-state index contributed by atoms with van der Waals surface area (Å²) in [5, 5.41) is 8.74. The molecule has 0 aliphatic rings. The van der Waals surface area contributed by atoms with Crippen LogP contribution in [0, 0.1) is 0 Å². The third-order valence-corrected chi connectivity index (χ3v) is 4.23. The second-order valence-electron chi connectivity index (χ2n) is 10.5. The van der Waals surface area contributed by atoms with Gasteiger partial charge in [0.15, 0.2) is 0 Å². The first-order valence-electron chi connectivity index (χ1n) is 11.4. The Bertz CT molecular complexity index is 968. The van der Waals surface area contributed by atoms with Crippen molar-refractivity contribution in [1.82, 2.24) is 0 Å². The number of aromatic hydroxyl groups is 1. The molecule has 0 heterocycles. The van der Waals surface area contributed by atoms with Gasteiger partial charge in [-0.3, -0.25) is 0 Å². The van der Waals surface area contributed by atoms with Crippen LogP contribution >= 0.6 is 31.9 Å². The molecule has 2 rings (SSSR count). The molecule has 0 spiro atoms. The van der Waals surface area contributed by atoms with Crippen molar-refractivity contribution in [2.45, 2.75) is 79.1 Å². The number of ether oxygens (including phenoxy) is 5. The lowest BCUT2D eigenvalue weighted by molar-refractivity contribution is -0.0294. The zero-order valence-corrected chi connectivity index (χ0v) is 26.3. The fourth-order valence-corrected chi connectivity index (χ4v) is 2.45. The molecular formula is C27H36Br2O9. The second-order valence-corrected chi connectivity index (χ2v) is 12.4. The molecule has 2 aromatic carbocycles. The minimum atomic E-state index is -1.06. The first-order valence-corrected chi connectivity index (χ1v) is 13.0. The lowest BCUT2D eigenvalue weighted by atomic mass is 10.2. The van der Waals surface area contributed by atoms with E-state index in [1.807, 2.05) is 0 Å². The number of hydrogen-bond acceptors (Lipinski definition) is 9. The zero-order valence-electron chi connectivity index (χ0n) is 23.1. The number of rotatable bonds is 1. The van der Waals surface area contributed by atoms with Crippen LogP contribution < -0.4 is 4.74 Å². The Labute approximate surface area is 241 Å². The van der Waals surface area contributed by atoms with Gasteiger partial charge in [-0.15, -0.1) is 0 Å². The Balaban J connectivity index is 0.000000565. The Morgan fingerprint density at radius 1 is 0.579 bits per heavy atom. The van der Waals surface area contributed by atoms with E-state index < -0.39 is 35.3 Å². The van der Waals surface area contributed by atoms with Crippen molar-refractivity contribution in [3.63, 3.8) is 0 Å². The second kappa shape index (κ2) is 15.6. The van der Waals surface area contributed by atoms with Crippen LogP contribution in [-0.2, 0) is 18.9 Å². The molecule has 0 unspecified atom stereocenters. The Kier molecular flexibility index (Phi) is 14.4. The molecule has 212 valence electrons. The molecule has 0 aliphatic heterocycles. The molecule has 1 N–H and O–H groups in total. The largest absolute Gasteiger partial charge is 0.519 e. The third-order valence-electron chi connectivity index (χ3n) is 3.18. The zero-order chi connectivity index (χ0) is 29.7. The quantitative estimate of drug-likeness (QED) is 0.138. The maximum Gasteiger partial charge on any atom is 0.519 e. The van der Waals surface area contributed by atoms with Gasteiger partial charge < -0.3 is 28.8 Å². The highest BCUT2D eigenvalue weighted by Gasteiger charge is 2.24. The maximum atomic E-state index is 11.3. The number of phenolic OH excluding ortho intramolecular Hbond substituents is 1. The van der Waals surface area contributed by atoms with Gasteiger partial charge in [-0.2, -0.15) is 0 Å². The van der Waals surface area contributed by atoms with Crippen molar-refractivity contribution in [1.29, 1.82) is 0 Å². The van der Waals surface area contributed by atoms with Crippen molar-refractivity contribution < 1.29 is 43.2 Å². The molecule has 0 saturated heterocycles. The highest BCUT2D eigenvalue weighted by molar-refractivity contribution is 9.10. The van der Waals surface area contributed by atoms with E-state index in [1.54, 1.807) is 111 Å². The van der Waals surface area contributed by atoms with E-state index in [9.17, 15) is 14.4 Å². The molecule has 0 amide bonds. The molecule has 0 radical (unpaired) electrons. The van der Waals surface area contributed by atoms with E-state index in [0.29, 0.717) is 11.5 Å². The normalized spacial score (nSPS) is 10.9. The fourth-order valence-electron chi connectivity index (χ4n) is 1.92. The smallest absolute Gasteiger partial charge is 0.508 e. The van der Waals surface area contributed by atoms with Gasteiger partial charge in [-0.1, -0.05) is 31.9 Å². The minimum Gasteiger partial charge on any atom is -0.508 e. The highest BCUT2D eigenvalue weighted by Crippen LogP contribution is 2.18. The lowest BCUT2D eigenvalue weighted by Crippen LogP contribution is -2.29. The molecule has 11 heteroatoms. The van der Waals surface area contributed by atoms with Gasteiger partial charge in [-0.25, -0.2) is 14.4 Å². The van der Waals surface area contributed by atoms with Gasteiger partial charge in [0.05, 0.1) is 0 Å². The molecule has 0 bridgehead atoms. The molecule has 0 fully saturated rings. The molecule has 9 nitrogen and oxygen atoms in total. The molecule has 0 aromatic heterocycles. The van der Waals surface area contributed by atoms with Gasteiger partial charge in [0, 0.05) is 8.95 Å². The summed E-state index contributed by atoms with van der Waals surface area (Å²) in [6, 6.07) is 13.8.